The second-order valence-electron chi connectivity index (χ2n) is 4.55. The van der Waals surface area contributed by atoms with Gasteiger partial charge in [0.25, 0.3) is 0 Å². The maximum Gasteiger partial charge on any atom is 0.242 e. The topological polar surface area (TPSA) is 58.2 Å². The number of hydrogen-bond acceptors (Lipinski definition) is 2. The fourth-order valence-corrected chi connectivity index (χ4v) is 2.03. The minimum absolute atomic E-state index is 0.0794. The van der Waals surface area contributed by atoms with E-state index in [0.29, 0.717) is 12.0 Å². The normalized spacial score (nSPS) is 27.1. The van der Waals surface area contributed by atoms with Gasteiger partial charge in [-0.1, -0.05) is 6.92 Å². The summed E-state index contributed by atoms with van der Waals surface area (Å²) in [4.78, 5) is 22.4. The Morgan fingerprint density at radius 1 is 1.33 bits per heavy atom. The highest BCUT2D eigenvalue weighted by Crippen LogP contribution is 2.24. The fraction of sp³-hybridized carbons (Fsp3) is 0.818. The van der Waals surface area contributed by atoms with Gasteiger partial charge in [-0.05, 0) is 32.1 Å². The van der Waals surface area contributed by atoms with Crippen LogP contribution in [0.3, 0.4) is 0 Å². The molecule has 0 aromatic rings. The van der Waals surface area contributed by atoms with E-state index in [1.54, 1.807) is 6.92 Å². The number of amides is 2. The summed E-state index contributed by atoms with van der Waals surface area (Å²) in [6.45, 7) is 5.32. The lowest BCUT2D eigenvalue weighted by Gasteiger charge is -2.17. The van der Waals surface area contributed by atoms with Gasteiger partial charge in [0.15, 0.2) is 0 Å². The Bertz CT molecular complexity index is 253. The van der Waals surface area contributed by atoms with Crippen molar-refractivity contribution < 1.29 is 9.59 Å². The van der Waals surface area contributed by atoms with E-state index in [0.717, 1.165) is 12.8 Å². The standard InChI is InChI=1S/C11H20N2O2/c1-7-4-5-10(6-7)13-11(15)8(2)12-9(3)14/h7-8,10H,4-6H2,1-3H3,(H,12,14)(H,13,15). The van der Waals surface area contributed by atoms with Crippen LogP contribution in [0.2, 0.25) is 0 Å². The van der Waals surface area contributed by atoms with Crippen molar-refractivity contribution in [2.75, 3.05) is 0 Å². The van der Waals surface area contributed by atoms with Gasteiger partial charge in [-0.15, -0.1) is 0 Å². The van der Waals surface area contributed by atoms with Gasteiger partial charge in [-0.3, -0.25) is 9.59 Å². The maximum atomic E-state index is 11.6. The molecule has 1 rings (SSSR count). The first kappa shape index (κ1) is 12.0. The molecule has 86 valence electrons. The molecule has 0 saturated heterocycles. The van der Waals surface area contributed by atoms with Crippen molar-refractivity contribution in [1.29, 1.82) is 0 Å². The zero-order valence-electron chi connectivity index (χ0n) is 9.67. The molecule has 2 amide bonds. The van der Waals surface area contributed by atoms with E-state index in [-0.39, 0.29) is 11.8 Å². The van der Waals surface area contributed by atoms with Crippen molar-refractivity contribution in [2.45, 2.75) is 52.1 Å². The summed E-state index contributed by atoms with van der Waals surface area (Å²) in [5.41, 5.74) is 0. The lowest BCUT2D eigenvalue weighted by molar-refractivity contribution is -0.128. The Labute approximate surface area is 90.8 Å². The summed E-state index contributed by atoms with van der Waals surface area (Å²) in [5.74, 6) is 0.452. The molecule has 1 aliphatic rings. The average molecular weight is 212 g/mol. The van der Waals surface area contributed by atoms with Gasteiger partial charge in [0.1, 0.15) is 6.04 Å². The summed E-state index contributed by atoms with van der Waals surface area (Å²) in [7, 11) is 0. The molecular weight excluding hydrogens is 192 g/mol. The largest absolute Gasteiger partial charge is 0.352 e. The molecule has 0 aliphatic heterocycles. The number of carbonyl (C=O) groups is 2. The van der Waals surface area contributed by atoms with Crippen LogP contribution in [0.4, 0.5) is 0 Å². The van der Waals surface area contributed by atoms with Gasteiger partial charge < -0.3 is 10.6 Å². The third-order valence-electron chi connectivity index (χ3n) is 2.85. The highest BCUT2D eigenvalue weighted by molar-refractivity contribution is 5.86. The van der Waals surface area contributed by atoms with Crippen molar-refractivity contribution in [3.05, 3.63) is 0 Å². The first-order chi connectivity index (χ1) is 6.99. The Balaban J connectivity index is 2.31. The minimum atomic E-state index is -0.432. The summed E-state index contributed by atoms with van der Waals surface area (Å²) in [6.07, 6.45) is 3.29. The van der Waals surface area contributed by atoms with E-state index in [1.165, 1.54) is 13.3 Å². The van der Waals surface area contributed by atoms with Crippen molar-refractivity contribution >= 4 is 11.8 Å². The van der Waals surface area contributed by atoms with E-state index >= 15 is 0 Å². The van der Waals surface area contributed by atoms with E-state index in [1.807, 2.05) is 0 Å². The quantitative estimate of drug-likeness (QED) is 0.727. The fourth-order valence-electron chi connectivity index (χ4n) is 2.03. The smallest absolute Gasteiger partial charge is 0.242 e. The highest BCUT2D eigenvalue weighted by atomic mass is 16.2. The molecule has 3 atom stereocenters. The van der Waals surface area contributed by atoms with E-state index in [9.17, 15) is 9.59 Å². The van der Waals surface area contributed by atoms with Gasteiger partial charge >= 0.3 is 0 Å². The first-order valence-electron chi connectivity index (χ1n) is 5.56. The molecular formula is C11H20N2O2. The molecule has 4 heteroatoms. The number of rotatable bonds is 3. The lowest BCUT2D eigenvalue weighted by Crippen LogP contribution is -2.47. The molecule has 1 fully saturated rings. The van der Waals surface area contributed by atoms with E-state index in [2.05, 4.69) is 17.6 Å². The van der Waals surface area contributed by atoms with Crippen LogP contribution in [0.25, 0.3) is 0 Å². The Kier molecular flexibility index (Phi) is 4.12. The Hall–Kier alpha value is -1.06. The second-order valence-corrected chi connectivity index (χ2v) is 4.55. The molecule has 3 unspecified atom stereocenters. The summed E-state index contributed by atoms with van der Waals surface area (Å²) >= 11 is 0. The van der Waals surface area contributed by atoms with Crippen LogP contribution in [-0.2, 0) is 9.59 Å². The highest BCUT2D eigenvalue weighted by Gasteiger charge is 2.24. The van der Waals surface area contributed by atoms with Gasteiger partial charge in [-0.2, -0.15) is 0 Å². The average Bonchev–Trinajstić information content (AvgIpc) is 2.50. The van der Waals surface area contributed by atoms with Crippen molar-refractivity contribution in [3.8, 4) is 0 Å². The van der Waals surface area contributed by atoms with Crippen LogP contribution >= 0.6 is 0 Å². The van der Waals surface area contributed by atoms with Gasteiger partial charge in [0.2, 0.25) is 11.8 Å². The first-order valence-corrected chi connectivity index (χ1v) is 5.56. The maximum absolute atomic E-state index is 11.6. The van der Waals surface area contributed by atoms with E-state index < -0.39 is 6.04 Å². The van der Waals surface area contributed by atoms with Crippen LogP contribution in [-0.4, -0.2) is 23.9 Å². The molecule has 0 heterocycles. The summed E-state index contributed by atoms with van der Waals surface area (Å²) < 4.78 is 0. The molecule has 15 heavy (non-hydrogen) atoms. The SMILES string of the molecule is CC(=O)NC(C)C(=O)NC1CCC(C)C1. The van der Waals surface area contributed by atoms with Crippen LogP contribution in [0.15, 0.2) is 0 Å². The van der Waals surface area contributed by atoms with Crippen LogP contribution < -0.4 is 10.6 Å². The second kappa shape index (κ2) is 5.14. The van der Waals surface area contributed by atoms with Gasteiger partial charge in [0.05, 0.1) is 0 Å². The number of hydrogen-bond donors (Lipinski definition) is 2. The third-order valence-corrected chi connectivity index (χ3v) is 2.85. The van der Waals surface area contributed by atoms with E-state index in [4.69, 9.17) is 0 Å². The van der Waals surface area contributed by atoms with Gasteiger partial charge in [-0.25, -0.2) is 0 Å². The minimum Gasteiger partial charge on any atom is -0.352 e. The summed E-state index contributed by atoms with van der Waals surface area (Å²) in [5, 5.41) is 5.54. The third kappa shape index (κ3) is 3.90. The Morgan fingerprint density at radius 2 is 2.00 bits per heavy atom. The molecule has 0 aromatic heterocycles. The zero-order chi connectivity index (χ0) is 11.4. The van der Waals surface area contributed by atoms with Crippen molar-refractivity contribution in [2.24, 2.45) is 5.92 Å². The summed E-state index contributed by atoms with van der Waals surface area (Å²) in [6, 6.07) is -0.137. The molecule has 0 bridgehead atoms. The van der Waals surface area contributed by atoms with Crippen LogP contribution in [0, 0.1) is 5.92 Å². The predicted octanol–water partition coefficient (Wildman–Crippen LogP) is 0.816. The number of carbonyl (C=O) groups excluding carboxylic acids is 2. The molecule has 0 radical (unpaired) electrons. The number of nitrogens with one attached hydrogen (secondary N) is 2. The molecule has 0 aromatic carbocycles. The van der Waals surface area contributed by atoms with Crippen LogP contribution in [0.5, 0.6) is 0 Å². The monoisotopic (exact) mass is 212 g/mol. The van der Waals surface area contributed by atoms with Crippen molar-refractivity contribution in [1.82, 2.24) is 10.6 Å². The molecule has 1 saturated carbocycles. The molecule has 1 aliphatic carbocycles. The molecule has 2 N–H and O–H groups in total. The van der Waals surface area contributed by atoms with Crippen LogP contribution in [0.1, 0.15) is 40.0 Å². The lowest BCUT2D eigenvalue weighted by atomic mass is 10.1. The van der Waals surface area contributed by atoms with Gasteiger partial charge in [0, 0.05) is 13.0 Å². The van der Waals surface area contributed by atoms with Crippen molar-refractivity contribution in [3.63, 3.8) is 0 Å². The zero-order valence-corrected chi connectivity index (χ0v) is 9.67. The molecule has 0 spiro atoms. The molecule has 4 nitrogen and oxygen atoms in total. The predicted molar refractivity (Wildman–Crippen MR) is 58.2 cm³/mol. The Morgan fingerprint density at radius 3 is 2.47 bits per heavy atom.